The zero-order valence-electron chi connectivity index (χ0n) is 12.0. The van der Waals surface area contributed by atoms with Crippen molar-refractivity contribution in [1.29, 1.82) is 0 Å². The van der Waals surface area contributed by atoms with Crippen LogP contribution >= 0.6 is 11.6 Å². The highest BCUT2D eigenvalue weighted by Gasteiger charge is 2.33. The molecule has 21 heavy (non-hydrogen) atoms. The normalized spacial score (nSPS) is 21.9. The molecule has 0 saturated carbocycles. The summed E-state index contributed by atoms with van der Waals surface area (Å²) in [5.74, 6) is 0.658. The fourth-order valence-corrected chi connectivity index (χ4v) is 3.22. The maximum absolute atomic E-state index is 12.2. The standard InChI is InChI=1S/C16H21ClN2O2/c17-14-3-1-11(2-4-14)15(20)12-5-7-19(8-6-12)16(21)13-9-18-10-13/h1-4,12-13,15,18,20H,5-10H2. The number of halogens is 1. The van der Waals surface area contributed by atoms with Crippen molar-refractivity contribution in [3.63, 3.8) is 0 Å². The van der Waals surface area contributed by atoms with Crippen LogP contribution in [0.4, 0.5) is 0 Å². The number of piperidine rings is 1. The van der Waals surface area contributed by atoms with Crippen LogP contribution in [0.15, 0.2) is 24.3 Å². The predicted molar refractivity (Wildman–Crippen MR) is 82.1 cm³/mol. The highest BCUT2D eigenvalue weighted by Crippen LogP contribution is 2.31. The number of aliphatic hydroxyl groups is 1. The van der Waals surface area contributed by atoms with Crippen LogP contribution in [0.2, 0.25) is 5.02 Å². The Bertz CT molecular complexity index is 494. The van der Waals surface area contributed by atoms with Gasteiger partial charge in [-0.25, -0.2) is 0 Å². The lowest BCUT2D eigenvalue weighted by atomic mass is 9.87. The third-order valence-corrected chi connectivity index (χ3v) is 4.89. The Labute approximate surface area is 130 Å². The Balaban J connectivity index is 1.55. The van der Waals surface area contributed by atoms with Gasteiger partial charge < -0.3 is 15.3 Å². The van der Waals surface area contributed by atoms with Crippen molar-refractivity contribution in [1.82, 2.24) is 10.2 Å². The molecule has 0 radical (unpaired) electrons. The minimum Gasteiger partial charge on any atom is -0.388 e. The molecule has 1 aromatic carbocycles. The van der Waals surface area contributed by atoms with Crippen molar-refractivity contribution in [2.24, 2.45) is 11.8 Å². The fourth-order valence-electron chi connectivity index (χ4n) is 3.09. The van der Waals surface area contributed by atoms with Crippen LogP contribution in [0.5, 0.6) is 0 Å². The van der Waals surface area contributed by atoms with E-state index in [1.165, 1.54) is 0 Å². The third kappa shape index (κ3) is 3.23. The number of hydrogen-bond acceptors (Lipinski definition) is 3. The van der Waals surface area contributed by atoms with Gasteiger partial charge >= 0.3 is 0 Å². The first-order chi connectivity index (χ1) is 10.1. The summed E-state index contributed by atoms with van der Waals surface area (Å²) < 4.78 is 0. The zero-order valence-corrected chi connectivity index (χ0v) is 12.7. The van der Waals surface area contributed by atoms with E-state index in [-0.39, 0.29) is 17.7 Å². The molecule has 0 aromatic heterocycles. The van der Waals surface area contributed by atoms with E-state index in [9.17, 15) is 9.90 Å². The number of nitrogens with zero attached hydrogens (tertiary/aromatic N) is 1. The van der Waals surface area contributed by atoms with Gasteiger partial charge in [0.2, 0.25) is 5.91 Å². The molecule has 5 heteroatoms. The number of rotatable bonds is 3. The van der Waals surface area contributed by atoms with Gasteiger partial charge in [0.05, 0.1) is 12.0 Å². The summed E-state index contributed by atoms with van der Waals surface area (Å²) >= 11 is 5.87. The Morgan fingerprint density at radius 3 is 2.38 bits per heavy atom. The number of carbonyl (C=O) groups excluding carboxylic acids is 1. The molecule has 1 amide bonds. The fraction of sp³-hybridized carbons (Fsp3) is 0.562. The number of hydrogen-bond donors (Lipinski definition) is 2. The van der Waals surface area contributed by atoms with Crippen LogP contribution < -0.4 is 5.32 Å². The smallest absolute Gasteiger partial charge is 0.228 e. The van der Waals surface area contributed by atoms with Gasteiger partial charge in [-0.15, -0.1) is 0 Å². The quantitative estimate of drug-likeness (QED) is 0.896. The largest absolute Gasteiger partial charge is 0.388 e. The van der Waals surface area contributed by atoms with Gasteiger partial charge in [-0.3, -0.25) is 4.79 Å². The van der Waals surface area contributed by atoms with Gasteiger partial charge in [-0.1, -0.05) is 23.7 Å². The second kappa shape index (κ2) is 6.34. The first kappa shape index (κ1) is 14.8. The molecule has 1 atom stereocenters. The molecule has 114 valence electrons. The summed E-state index contributed by atoms with van der Waals surface area (Å²) in [5, 5.41) is 14.3. The number of likely N-dealkylation sites (tertiary alicyclic amines) is 1. The molecule has 1 aromatic rings. The third-order valence-electron chi connectivity index (χ3n) is 4.64. The van der Waals surface area contributed by atoms with Crippen LogP contribution in [-0.2, 0) is 4.79 Å². The molecule has 4 nitrogen and oxygen atoms in total. The maximum Gasteiger partial charge on any atom is 0.228 e. The molecule has 2 saturated heterocycles. The van der Waals surface area contributed by atoms with E-state index in [4.69, 9.17) is 11.6 Å². The summed E-state index contributed by atoms with van der Waals surface area (Å²) in [6.07, 6.45) is 1.25. The molecule has 3 rings (SSSR count). The van der Waals surface area contributed by atoms with Crippen LogP contribution in [0, 0.1) is 11.8 Å². The number of benzene rings is 1. The highest BCUT2D eigenvalue weighted by atomic mass is 35.5. The van der Waals surface area contributed by atoms with Crippen LogP contribution in [0.1, 0.15) is 24.5 Å². The van der Waals surface area contributed by atoms with Crippen molar-refractivity contribution in [3.8, 4) is 0 Å². The van der Waals surface area contributed by atoms with E-state index in [0.29, 0.717) is 5.02 Å². The Morgan fingerprint density at radius 1 is 1.24 bits per heavy atom. The molecular weight excluding hydrogens is 288 g/mol. The van der Waals surface area contributed by atoms with Gasteiger partial charge in [0.1, 0.15) is 0 Å². The van der Waals surface area contributed by atoms with E-state index >= 15 is 0 Å². The molecule has 0 aliphatic carbocycles. The second-order valence-electron chi connectivity index (χ2n) is 6.01. The molecule has 2 aliphatic rings. The first-order valence-electron chi connectivity index (χ1n) is 7.58. The Morgan fingerprint density at radius 2 is 1.86 bits per heavy atom. The van der Waals surface area contributed by atoms with Crippen LogP contribution in [-0.4, -0.2) is 42.1 Å². The summed E-state index contributed by atoms with van der Waals surface area (Å²) in [5.41, 5.74) is 0.910. The summed E-state index contributed by atoms with van der Waals surface area (Å²) in [7, 11) is 0. The highest BCUT2D eigenvalue weighted by molar-refractivity contribution is 6.30. The summed E-state index contributed by atoms with van der Waals surface area (Å²) in [6, 6.07) is 7.37. The maximum atomic E-state index is 12.2. The summed E-state index contributed by atoms with van der Waals surface area (Å²) in [4.78, 5) is 14.1. The van der Waals surface area contributed by atoms with Gasteiger partial charge in [-0.05, 0) is 36.5 Å². The lowest BCUT2D eigenvalue weighted by Gasteiger charge is -2.38. The molecule has 2 fully saturated rings. The number of amides is 1. The van der Waals surface area contributed by atoms with Gasteiger partial charge in [-0.2, -0.15) is 0 Å². The van der Waals surface area contributed by atoms with Crippen molar-refractivity contribution in [2.45, 2.75) is 18.9 Å². The Hall–Kier alpha value is -1.10. The van der Waals surface area contributed by atoms with E-state index in [1.54, 1.807) is 0 Å². The van der Waals surface area contributed by atoms with E-state index in [1.807, 2.05) is 29.2 Å². The molecule has 2 aliphatic heterocycles. The molecule has 0 spiro atoms. The molecule has 1 unspecified atom stereocenters. The lowest BCUT2D eigenvalue weighted by molar-refractivity contribution is -0.139. The molecular formula is C16H21ClN2O2. The van der Waals surface area contributed by atoms with Crippen LogP contribution in [0.3, 0.4) is 0 Å². The van der Waals surface area contributed by atoms with Gasteiger partial charge in [0, 0.05) is 31.2 Å². The van der Waals surface area contributed by atoms with E-state index < -0.39 is 6.10 Å². The average molecular weight is 309 g/mol. The number of nitrogens with one attached hydrogen (secondary N) is 1. The van der Waals surface area contributed by atoms with Crippen molar-refractivity contribution in [2.75, 3.05) is 26.2 Å². The zero-order chi connectivity index (χ0) is 14.8. The molecule has 2 N–H and O–H groups in total. The lowest BCUT2D eigenvalue weighted by Crippen LogP contribution is -2.53. The molecule has 2 heterocycles. The average Bonchev–Trinajstić information content (AvgIpc) is 2.46. The topological polar surface area (TPSA) is 52.6 Å². The Kier molecular flexibility index (Phi) is 4.48. The number of carbonyl (C=O) groups is 1. The number of aliphatic hydroxyl groups excluding tert-OH is 1. The van der Waals surface area contributed by atoms with Gasteiger partial charge in [0.15, 0.2) is 0 Å². The predicted octanol–water partition coefficient (Wildman–Crippen LogP) is 1.83. The van der Waals surface area contributed by atoms with Crippen molar-refractivity contribution >= 4 is 17.5 Å². The second-order valence-corrected chi connectivity index (χ2v) is 6.45. The van der Waals surface area contributed by atoms with Gasteiger partial charge in [0.25, 0.3) is 0 Å². The SMILES string of the molecule is O=C(C1CNC1)N1CCC(C(O)c2ccc(Cl)cc2)CC1. The van der Waals surface area contributed by atoms with Crippen LogP contribution in [0.25, 0.3) is 0 Å². The minimum absolute atomic E-state index is 0.169. The van der Waals surface area contributed by atoms with E-state index in [0.717, 1.165) is 44.6 Å². The molecule has 0 bridgehead atoms. The van der Waals surface area contributed by atoms with Crippen molar-refractivity contribution in [3.05, 3.63) is 34.9 Å². The summed E-state index contributed by atoms with van der Waals surface area (Å²) in [6.45, 7) is 3.13. The first-order valence-corrected chi connectivity index (χ1v) is 7.96. The minimum atomic E-state index is -0.468. The monoisotopic (exact) mass is 308 g/mol. The van der Waals surface area contributed by atoms with E-state index in [2.05, 4.69) is 5.32 Å². The van der Waals surface area contributed by atoms with Crippen molar-refractivity contribution < 1.29 is 9.90 Å².